The minimum atomic E-state index is -0.669. The molecule has 0 atom stereocenters. The van der Waals surface area contributed by atoms with E-state index in [-0.39, 0.29) is 17.4 Å². The molecule has 0 radical (unpaired) electrons. The Kier molecular flexibility index (Phi) is 2.73. The molecule has 84 valence electrons. The average Bonchev–Trinajstić information content (AvgIpc) is 2.66. The van der Waals surface area contributed by atoms with Crippen molar-refractivity contribution in [3.63, 3.8) is 0 Å². The highest BCUT2D eigenvalue weighted by molar-refractivity contribution is 5.55. The van der Waals surface area contributed by atoms with E-state index < -0.39 is 11.6 Å². The van der Waals surface area contributed by atoms with Crippen LogP contribution >= 0.6 is 0 Å². The molecule has 16 heavy (non-hydrogen) atoms. The third-order valence-electron chi connectivity index (χ3n) is 2.27. The van der Waals surface area contributed by atoms with Gasteiger partial charge in [-0.15, -0.1) is 0 Å². The lowest BCUT2D eigenvalue weighted by atomic mass is 10.2. The number of hydrogen-bond donors (Lipinski definition) is 0. The van der Waals surface area contributed by atoms with Gasteiger partial charge in [0.15, 0.2) is 0 Å². The molecule has 1 heterocycles. The van der Waals surface area contributed by atoms with Crippen molar-refractivity contribution in [3.8, 4) is 11.5 Å². The zero-order chi connectivity index (χ0) is 11.7. The first-order valence-corrected chi connectivity index (χ1v) is 4.99. The Morgan fingerprint density at radius 1 is 1.19 bits per heavy atom. The summed E-state index contributed by atoms with van der Waals surface area (Å²) in [5, 5.41) is 0. The van der Waals surface area contributed by atoms with Crippen LogP contribution in [0.15, 0.2) is 28.8 Å². The average molecular weight is 223 g/mol. The number of rotatable bonds is 2. The molecule has 0 aliphatic carbocycles. The van der Waals surface area contributed by atoms with Crippen LogP contribution in [0.25, 0.3) is 11.5 Å². The van der Waals surface area contributed by atoms with Crippen LogP contribution in [0, 0.1) is 11.6 Å². The fourth-order valence-electron chi connectivity index (χ4n) is 1.37. The summed E-state index contributed by atoms with van der Waals surface area (Å²) in [6, 6.07) is 3.66. The van der Waals surface area contributed by atoms with Gasteiger partial charge in [0.25, 0.3) is 0 Å². The highest BCUT2D eigenvalue weighted by Gasteiger charge is 2.17. The highest BCUT2D eigenvalue weighted by atomic mass is 19.1. The van der Waals surface area contributed by atoms with Gasteiger partial charge in [-0.3, -0.25) is 0 Å². The lowest BCUT2D eigenvalue weighted by Crippen LogP contribution is -1.89. The minimum Gasteiger partial charge on any atom is -0.441 e. The Bertz CT molecular complexity index is 485. The fraction of sp³-hybridized carbons (Fsp3) is 0.250. The summed E-state index contributed by atoms with van der Waals surface area (Å²) in [5.74, 6) is -0.609. The first-order chi connectivity index (χ1) is 7.59. The Morgan fingerprint density at radius 3 is 2.31 bits per heavy atom. The monoisotopic (exact) mass is 223 g/mol. The van der Waals surface area contributed by atoms with E-state index in [2.05, 4.69) is 4.98 Å². The molecule has 0 saturated heterocycles. The molecule has 0 aliphatic heterocycles. The number of benzene rings is 1. The molecule has 0 fully saturated rings. The van der Waals surface area contributed by atoms with Gasteiger partial charge in [0.2, 0.25) is 5.89 Å². The maximum absolute atomic E-state index is 13.4. The molecule has 0 unspecified atom stereocenters. The maximum Gasteiger partial charge on any atom is 0.232 e. The molecule has 0 amide bonds. The van der Waals surface area contributed by atoms with E-state index in [1.807, 2.05) is 13.8 Å². The SMILES string of the molecule is CC(C)c1cnc(-c2c(F)cccc2F)o1. The number of halogens is 2. The largest absolute Gasteiger partial charge is 0.441 e. The molecule has 0 saturated carbocycles. The van der Waals surface area contributed by atoms with E-state index in [1.165, 1.54) is 24.4 Å². The van der Waals surface area contributed by atoms with Crippen molar-refractivity contribution < 1.29 is 13.2 Å². The normalized spacial score (nSPS) is 11.1. The third kappa shape index (κ3) is 1.83. The lowest BCUT2D eigenvalue weighted by molar-refractivity contribution is 0.485. The summed E-state index contributed by atoms with van der Waals surface area (Å²) in [7, 11) is 0. The van der Waals surface area contributed by atoms with Gasteiger partial charge in [-0.2, -0.15) is 0 Å². The topological polar surface area (TPSA) is 26.0 Å². The molecule has 0 N–H and O–H groups in total. The molecular formula is C12H11F2NO. The second-order valence-electron chi connectivity index (χ2n) is 3.82. The predicted molar refractivity (Wildman–Crippen MR) is 55.9 cm³/mol. The Morgan fingerprint density at radius 2 is 1.81 bits per heavy atom. The van der Waals surface area contributed by atoms with Crippen molar-refractivity contribution in [3.05, 3.63) is 41.8 Å². The molecular weight excluding hydrogens is 212 g/mol. The smallest absolute Gasteiger partial charge is 0.232 e. The Hall–Kier alpha value is -1.71. The van der Waals surface area contributed by atoms with E-state index in [4.69, 9.17) is 4.42 Å². The highest BCUT2D eigenvalue weighted by Crippen LogP contribution is 2.27. The second kappa shape index (κ2) is 4.04. The van der Waals surface area contributed by atoms with Crippen molar-refractivity contribution in [1.29, 1.82) is 0 Å². The van der Waals surface area contributed by atoms with Gasteiger partial charge < -0.3 is 4.42 Å². The van der Waals surface area contributed by atoms with Crippen molar-refractivity contribution >= 4 is 0 Å². The van der Waals surface area contributed by atoms with Crippen LogP contribution < -0.4 is 0 Å². The van der Waals surface area contributed by atoms with E-state index >= 15 is 0 Å². The molecule has 4 heteroatoms. The minimum absolute atomic E-state index is 0.0145. The maximum atomic E-state index is 13.4. The van der Waals surface area contributed by atoms with Crippen molar-refractivity contribution in [2.24, 2.45) is 0 Å². The van der Waals surface area contributed by atoms with E-state index in [0.717, 1.165) is 0 Å². The summed E-state index contributed by atoms with van der Waals surface area (Å²) in [6.45, 7) is 3.84. The number of hydrogen-bond acceptors (Lipinski definition) is 2. The molecule has 0 aliphatic rings. The van der Waals surface area contributed by atoms with Crippen LogP contribution in [0.4, 0.5) is 8.78 Å². The fourth-order valence-corrected chi connectivity index (χ4v) is 1.37. The van der Waals surface area contributed by atoms with Crippen molar-refractivity contribution in [2.45, 2.75) is 19.8 Å². The van der Waals surface area contributed by atoms with Gasteiger partial charge in [-0.1, -0.05) is 19.9 Å². The van der Waals surface area contributed by atoms with Gasteiger partial charge in [0.1, 0.15) is 23.0 Å². The van der Waals surface area contributed by atoms with Gasteiger partial charge in [-0.05, 0) is 12.1 Å². The standard InChI is InChI=1S/C12H11F2NO/c1-7(2)10-6-15-12(16-10)11-8(13)4-3-5-9(11)14/h3-7H,1-2H3. The first kappa shape index (κ1) is 10.8. The van der Waals surface area contributed by atoms with Gasteiger partial charge in [-0.25, -0.2) is 13.8 Å². The van der Waals surface area contributed by atoms with E-state index in [9.17, 15) is 8.78 Å². The Labute approximate surface area is 91.9 Å². The molecule has 1 aromatic carbocycles. The molecule has 1 aromatic heterocycles. The van der Waals surface area contributed by atoms with Crippen LogP contribution in [0.3, 0.4) is 0 Å². The van der Waals surface area contributed by atoms with E-state index in [0.29, 0.717) is 5.76 Å². The van der Waals surface area contributed by atoms with E-state index in [1.54, 1.807) is 0 Å². The molecule has 2 nitrogen and oxygen atoms in total. The van der Waals surface area contributed by atoms with Gasteiger partial charge >= 0.3 is 0 Å². The lowest BCUT2D eigenvalue weighted by Gasteiger charge is -2.00. The molecule has 0 spiro atoms. The van der Waals surface area contributed by atoms with Crippen LogP contribution in [-0.2, 0) is 0 Å². The summed E-state index contributed by atoms with van der Waals surface area (Å²) < 4.78 is 32.1. The first-order valence-electron chi connectivity index (χ1n) is 4.99. The number of aromatic nitrogens is 1. The zero-order valence-electron chi connectivity index (χ0n) is 9.00. The summed E-state index contributed by atoms with van der Waals surface area (Å²) in [5.41, 5.74) is -0.214. The van der Waals surface area contributed by atoms with Crippen molar-refractivity contribution in [1.82, 2.24) is 4.98 Å². The molecule has 0 bridgehead atoms. The van der Waals surface area contributed by atoms with Crippen LogP contribution in [0.5, 0.6) is 0 Å². The zero-order valence-corrected chi connectivity index (χ0v) is 9.00. The summed E-state index contributed by atoms with van der Waals surface area (Å²) in [6.07, 6.45) is 1.49. The van der Waals surface area contributed by atoms with Crippen LogP contribution in [0.1, 0.15) is 25.5 Å². The number of nitrogens with zero attached hydrogens (tertiary/aromatic N) is 1. The Balaban J connectivity index is 2.50. The number of oxazole rings is 1. The third-order valence-corrected chi connectivity index (χ3v) is 2.27. The summed E-state index contributed by atoms with van der Waals surface area (Å²) in [4.78, 5) is 3.88. The van der Waals surface area contributed by atoms with Gasteiger partial charge in [0.05, 0.1) is 6.20 Å². The van der Waals surface area contributed by atoms with Crippen LogP contribution in [-0.4, -0.2) is 4.98 Å². The predicted octanol–water partition coefficient (Wildman–Crippen LogP) is 3.74. The molecule has 2 rings (SSSR count). The quantitative estimate of drug-likeness (QED) is 0.775. The van der Waals surface area contributed by atoms with Crippen molar-refractivity contribution in [2.75, 3.05) is 0 Å². The van der Waals surface area contributed by atoms with Crippen LogP contribution in [0.2, 0.25) is 0 Å². The molecule has 2 aromatic rings. The second-order valence-corrected chi connectivity index (χ2v) is 3.82. The summed E-state index contributed by atoms with van der Waals surface area (Å²) >= 11 is 0. The van der Waals surface area contributed by atoms with Gasteiger partial charge in [0, 0.05) is 5.92 Å².